The molecule has 1 aliphatic rings. The van der Waals surface area contributed by atoms with Crippen molar-refractivity contribution in [2.24, 2.45) is 0 Å². The maximum atomic E-state index is 6.00. The number of nitrogens with one attached hydrogen (secondary N) is 1. The van der Waals surface area contributed by atoms with Gasteiger partial charge in [-0.1, -0.05) is 6.92 Å². The topological polar surface area (TPSA) is 21.3 Å². The summed E-state index contributed by atoms with van der Waals surface area (Å²) in [6.07, 6.45) is 6.62. The van der Waals surface area contributed by atoms with E-state index >= 15 is 0 Å². The molecule has 0 aromatic carbocycles. The molecule has 0 amide bonds. The van der Waals surface area contributed by atoms with E-state index in [-0.39, 0.29) is 0 Å². The molecule has 1 heterocycles. The van der Waals surface area contributed by atoms with Crippen LogP contribution in [0.3, 0.4) is 0 Å². The van der Waals surface area contributed by atoms with Crippen molar-refractivity contribution in [3.05, 3.63) is 20.8 Å². The lowest BCUT2D eigenvalue weighted by atomic mass is 9.93. The second-order valence-electron chi connectivity index (χ2n) is 4.97. The minimum absolute atomic E-state index is 0.463. The van der Waals surface area contributed by atoms with Gasteiger partial charge in [0.15, 0.2) is 0 Å². The van der Waals surface area contributed by atoms with Crippen LogP contribution < -0.4 is 5.32 Å². The molecule has 0 atom stereocenters. The zero-order chi connectivity index (χ0) is 12.8. The minimum Gasteiger partial charge on any atom is -0.373 e. The summed E-state index contributed by atoms with van der Waals surface area (Å²) in [5.41, 5.74) is 0. The molecule has 0 radical (unpaired) electrons. The minimum atomic E-state index is 0.463. The van der Waals surface area contributed by atoms with Crippen molar-refractivity contribution in [1.82, 2.24) is 5.32 Å². The van der Waals surface area contributed by atoms with Gasteiger partial charge in [-0.2, -0.15) is 0 Å². The molecule has 1 saturated carbocycles. The van der Waals surface area contributed by atoms with Crippen molar-refractivity contribution in [1.29, 1.82) is 0 Å². The van der Waals surface area contributed by atoms with E-state index in [1.54, 1.807) is 11.3 Å². The van der Waals surface area contributed by atoms with Gasteiger partial charge in [0.05, 0.1) is 12.7 Å². The molecule has 0 unspecified atom stereocenters. The second kappa shape index (κ2) is 7.63. The van der Waals surface area contributed by atoms with Gasteiger partial charge in [0.2, 0.25) is 0 Å². The first-order valence-electron chi connectivity index (χ1n) is 6.86. The number of halogens is 1. The molecule has 1 aromatic heterocycles. The van der Waals surface area contributed by atoms with E-state index in [0.29, 0.717) is 6.10 Å². The fourth-order valence-electron chi connectivity index (χ4n) is 2.41. The quantitative estimate of drug-likeness (QED) is 0.837. The SMILES string of the molecule is CCCNC1CCC(OCc2cc(Br)cs2)CC1. The largest absolute Gasteiger partial charge is 0.373 e. The van der Waals surface area contributed by atoms with Gasteiger partial charge >= 0.3 is 0 Å². The summed E-state index contributed by atoms with van der Waals surface area (Å²) in [5, 5.41) is 5.72. The molecule has 1 aliphatic carbocycles. The smallest absolute Gasteiger partial charge is 0.0813 e. The summed E-state index contributed by atoms with van der Waals surface area (Å²) < 4.78 is 7.16. The lowest BCUT2D eigenvalue weighted by Crippen LogP contribution is -2.35. The molecule has 2 rings (SSSR count). The molecule has 4 heteroatoms. The maximum absolute atomic E-state index is 6.00. The first kappa shape index (κ1) is 14.5. The predicted octanol–water partition coefficient (Wildman–Crippen LogP) is 4.34. The molecule has 102 valence electrons. The zero-order valence-corrected chi connectivity index (χ0v) is 13.4. The van der Waals surface area contributed by atoms with Crippen LogP contribution in [0.25, 0.3) is 0 Å². The summed E-state index contributed by atoms with van der Waals surface area (Å²) in [6.45, 7) is 4.15. The van der Waals surface area contributed by atoms with E-state index < -0.39 is 0 Å². The molecule has 1 N–H and O–H groups in total. The number of thiophene rings is 1. The summed E-state index contributed by atoms with van der Waals surface area (Å²) in [7, 11) is 0. The number of rotatable bonds is 6. The Balaban J connectivity index is 1.64. The molecule has 2 nitrogen and oxygen atoms in total. The Morgan fingerprint density at radius 2 is 2.17 bits per heavy atom. The Kier molecular flexibility index (Phi) is 6.15. The van der Waals surface area contributed by atoms with Gasteiger partial charge in [-0.15, -0.1) is 11.3 Å². The van der Waals surface area contributed by atoms with Crippen molar-refractivity contribution < 1.29 is 4.74 Å². The van der Waals surface area contributed by atoms with E-state index in [2.05, 4.69) is 39.6 Å². The Morgan fingerprint density at radius 3 is 2.78 bits per heavy atom. The molecule has 0 aliphatic heterocycles. The predicted molar refractivity (Wildman–Crippen MR) is 81.1 cm³/mol. The summed E-state index contributed by atoms with van der Waals surface area (Å²) >= 11 is 5.24. The normalized spacial score (nSPS) is 24.3. The van der Waals surface area contributed by atoms with Crippen molar-refractivity contribution in [2.75, 3.05) is 6.54 Å². The van der Waals surface area contributed by atoms with Crippen molar-refractivity contribution in [3.8, 4) is 0 Å². The van der Waals surface area contributed by atoms with Crippen molar-refractivity contribution >= 4 is 27.3 Å². The van der Waals surface area contributed by atoms with Crippen LogP contribution in [0.2, 0.25) is 0 Å². The molecular weight excluding hydrogens is 310 g/mol. The molecule has 0 saturated heterocycles. The van der Waals surface area contributed by atoms with Gasteiger partial charge in [0, 0.05) is 20.8 Å². The van der Waals surface area contributed by atoms with E-state index in [1.807, 2.05) is 0 Å². The van der Waals surface area contributed by atoms with Crippen LogP contribution in [0, 0.1) is 0 Å². The lowest BCUT2D eigenvalue weighted by molar-refractivity contribution is 0.0126. The number of hydrogen-bond donors (Lipinski definition) is 1. The Morgan fingerprint density at radius 1 is 1.39 bits per heavy atom. The summed E-state index contributed by atoms with van der Waals surface area (Å²) in [4.78, 5) is 1.31. The van der Waals surface area contributed by atoms with Gasteiger partial charge in [-0.25, -0.2) is 0 Å². The first-order valence-corrected chi connectivity index (χ1v) is 8.53. The molecule has 0 spiro atoms. The third kappa shape index (κ3) is 4.65. The van der Waals surface area contributed by atoms with Crippen molar-refractivity contribution in [3.63, 3.8) is 0 Å². The summed E-state index contributed by atoms with van der Waals surface area (Å²) in [5.74, 6) is 0. The number of hydrogen-bond acceptors (Lipinski definition) is 3. The van der Waals surface area contributed by atoms with Gasteiger partial charge in [0.25, 0.3) is 0 Å². The van der Waals surface area contributed by atoms with E-state index in [1.165, 1.54) is 41.5 Å². The fourth-order valence-corrected chi connectivity index (χ4v) is 3.78. The average molecular weight is 332 g/mol. The van der Waals surface area contributed by atoms with Crippen LogP contribution in [0.1, 0.15) is 43.9 Å². The lowest BCUT2D eigenvalue weighted by Gasteiger charge is -2.29. The van der Waals surface area contributed by atoms with Gasteiger partial charge < -0.3 is 10.1 Å². The Hall–Kier alpha value is 0.1000. The molecule has 1 aromatic rings. The maximum Gasteiger partial charge on any atom is 0.0813 e. The van der Waals surface area contributed by atoms with E-state index in [0.717, 1.165) is 19.2 Å². The van der Waals surface area contributed by atoms with E-state index in [9.17, 15) is 0 Å². The standard InChI is InChI=1S/C14H22BrNOS/c1-2-7-16-12-3-5-13(6-4-12)17-9-14-8-11(15)10-18-14/h8,10,12-13,16H,2-7,9H2,1H3. The van der Waals surface area contributed by atoms with E-state index in [4.69, 9.17) is 4.74 Å². The Labute approximate surface area is 122 Å². The third-order valence-corrected chi connectivity index (χ3v) is 5.11. The van der Waals surface area contributed by atoms with Gasteiger partial charge in [-0.3, -0.25) is 0 Å². The second-order valence-corrected chi connectivity index (χ2v) is 6.88. The van der Waals surface area contributed by atoms with Crippen LogP contribution >= 0.6 is 27.3 Å². The van der Waals surface area contributed by atoms with Crippen LogP contribution in [0.15, 0.2) is 15.9 Å². The van der Waals surface area contributed by atoms with Gasteiger partial charge in [0.1, 0.15) is 0 Å². The fraction of sp³-hybridized carbons (Fsp3) is 0.714. The highest BCUT2D eigenvalue weighted by molar-refractivity contribution is 9.10. The first-order chi connectivity index (χ1) is 8.78. The number of ether oxygens (including phenoxy) is 1. The molecule has 1 fully saturated rings. The Bertz CT molecular complexity index is 347. The molecule has 18 heavy (non-hydrogen) atoms. The highest BCUT2D eigenvalue weighted by Crippen LogP contribution is 2.25. The molecule has 0 bridgehead atoms. The van der Waals surface area contributed by atoms with Gasteiger partial charge in [-0.05, 0) is 60.6 Å². The van der Waals surface area contributed by atoms with Crippen LogP contribution in [-0.4, -0.2) is 18.7 Å². The summed E-state index contributed by atoms with van der Waals surface area (Å²) in [6, 6.07) is 2.87. The third-order valence-electron chi connectivity index (χ3n) is 3.44. The van der Waals surface area contributed by atoms with Crippen molar-refractivity contribution in [2.45, 2.75) is 57.8 Å². The zero-order valence-electron chi connectivity index (χ0n) is 11.0. The van der Waals surface area contributed by atoms with Crippen LogP contribution in [-0.2, 0) is 11.3 Å². The highest BCUT2D eigenvalue weighted by Gasteiger charge is 2.21. The molecular formula is C14H22BrNOS. The average Bonchev–Trinajstić information content (AvgIpc) is 2.81. The van der Waals surface area contributed by atoms with Crippen LogP contribution in [0.4, 0.5) is 0 Å². The van der Waals surface area contributed by atoms with Crippen LogP contribution in [0.5, 0.6) is 0 Å². The monoisotopic (exact) mass is 331 g/mol. The highest BCUT2D eigenvalue weighted by atomic mass is 79.9.